The van der Waals surface area contributed by atoms with Crippen molar-refractivity contribution in [3.05, 3.63) is 34.9 Å². The maximum atomic E-state index is 12.7. The molecule has 0 aromatic heterocycles. The zero-order chi connectivity index (χ0) is 19.7. The average Bonchev–Trinajstić information content (AvgIpc) is 3.24. The van der Waals surface area contributed by atoms with E-state index in [4.69, 9.17) is 5.11 Å². The molecule has 150 valence electrons. The van der Waals surface area contributed by atoms with Crippen molar-refractivity contribution < 1.29 is 19.5 Å². The van der Waals surface area contributed by atoms with Crippen LogP contribution in [-0.2, 0) is 22.7 Å². The number of amides is 3. The summed E-state index contributed by atoms with van der Waals surface area (Å²) in [5.74, 6) is -0.785. The van der Waals surface area contributed by atoms with Crippen LogP contribution in [0.2, 0.25) is 0 Å². The second kappa shape index (κ2) is 7.98. The van der Waals surface area contributed by atoms with Crippen LogP contribution in [-0.4, -0.2) is 71.0 Å². The molecule has 3 heterocycles. The number of aliphatic hydroxyl groups excluding tert-OH is 1. The number of fused-ring (bicyclic) bond motifs is 1. The minimum Gasteiger partial charge on any atom is -0.395 e. The molecule has 2 fully saturated rings. The van der Waals surface area contributed by atoms with Gasteiger partial charge < -0.3 is 15.3 Å². The van der Waals surface area contributed by atoms with Crippen molar-refractivity contribution in [1.29, 1.82) is 0 Å². The summed E-state index contributed by atoms with van der Waals surface area (Å²) in [5, 5.41) is 14.6. The summed E-state index contributed by atoms with van der Waals surface area (Å²) in [6.07, 6.45) is 1.71. The quantitative estimate of drug-likeness (QED) is 0.576. The van der Waals surface area contributed by atoms with Crippen LogP contribution in [0, 0.1) is 0 Å². The van der Waals surface area contributed by atoms with Gasteiger partial charge in [0.05, 0.1) is 6.61 Å². The first-order chi connectivity index (χ1) is 13.5. The normalized spacial score (nSPS) is 25.3. The second-order valence-corrected chi connectivity index (χ2v) is 7.79. The lowest BCUT2D eigenvalue weighted by atomic mass is 10.0. The summed E-state index contributed by atoms with van der Waals surface area (Å²) in [5.41, 5.74) is 2.75. The smallest absolute Gasteiger partial charge is 0.255 e. The number of hydrogen-bond acceptors (Lipinski definition) is 6. The highest BCUT2D eigenvalue weighted by Crippen LogP contribution is 2.28. The molecule has 3 aliphatic rings. The molecular formula is C20H26N4O4. The Kier molecular flexibility index (Phi) is 5.43. The van der Waals surface area contributed by atoms with Gasteiger partial charge in [-0.2, -0.15) is 0 Å². The van der Waals surface area contributed by atoms with Crippen molar-refractivity contribution in [2.45, 2.75) is 44.4 Å². The van der Waals surface area contributed by atoms with Gasteiger partial charge >= 0.3 is 0 Å². The van der Waals surface area contributed by atoms with Gasteiger partial charge in [0.15, 0.2) is 0 Å². The Balaban J connectivity index is 1.40. The zero-order valence-electron chi connectivity index (χ0n) is 15.8. The molecule has 28 heavy (non-hydrogen) atoms. The lowest BCUT2D eigenvalue weighted by Crippen LogP contribution is -2.52. The van der Waals surface area contributed by atoms with Crippen molar-refractivity contribution >= 4 is 17.7 Å². The minimum atomic E-state index is -0.571. The maximum Gasteiger partial charge on any atom is 0.255 e. The van der Waals surface area contributed by atoms with Crippen LogP contribution in [0.5, 0.6) is 0 Å². The molecule has 3 amide bonds. The lowest BCUT2D eigenvalue weighted by molar-refractivity contribution is -0.136. The van der Waals surface area contributed by atoms with Crippen molar-refractivity contribution in [3.63, 3.8) is 0 Å². The zero-order valence-corrected chi connectivity index (χ0v) is 15.8. The van der Waals surface area contributed by atoms with Gasteiger partial charge in [-0.1, -0.05) is 12.1 Å². The molecule has 8 heteroatoms. The SMILES string of the molecule is O=C1CCC(N2Cc3cc(CN4CCC(NCCO)C4)ccc3C2=O)C(=O)N1. The molecule has 2 saturated heterocycles. The van der Waals surface area contributed by atoms with Crippen molar-refractivity contribution in [2.24, 2.45) is 0 Å². The van der Waals surface area contributed by atoms with Crippen LogP contribution < -0.4 is 10.6 Å². The number of nitrogens with zero attached hydrogens (tertiary/aromatic N) is 2. The first-order valence-electron chi connectivity index (χ1n) is 9.88. The summed E-state index contributed by atoms with van der Waals surface area (Å²) in [6, 6.07) is 5.74. The molecule has 3 aliphatic heterocycles. The number of rotatable bonds is 6. The fourth-order valence-electron chi connectivity index (χ4n) is 4.40. The molecule has 0 radical (unpaired) electrons. The molecule has 2 atom stereocenters. The van der Waals surface area contributed by atoms with Crippen LogP contribution in [0.1, 0.15) is 40.7 Å². The monoisotopic (exact) mass is 386 g/mol. The van der Waals surface area contributed by atoms with Crippen LogP contribution >= 0.6 is 0 Å². The Morgan fingerprint density at radius 2 is 2.07 bits per heavy atom. The number of nitrogens with one attached hydrogen (secondary N) is 2. The van der Waals surface area contributed by atoms with Crippen LogP contribution in [0.15, 0.2) is 18.2 Å². The first-order valence-corrected chi connectivity index (χ1v) is 9.88. The molecule has 0 bridgehead atoms. The fourth-order valence-corrected chi connectivity index (χ4v) is 4.40. The summed E-state index contributed by atoms with van der Waals surface area (Å²) in [6.45, 7) is 3.95. The molecular weight excluding hydrogens is 360 g/mol. The Morgan fingerprint density at radius 1 is 1.21 bits per heavy atom. The van der Waals surface area contributed by atoms with E-state index in [2.05, 4.69) is 21.6 Å². The largest absolute Gasteiger partial charge is 0.395 e. The summed E-state index contributed by atoms with van der Waals surface area (Å²) in [7, 11) is 0. The standard InChI is InChI=1S/C20H26N4O4/c25-8-6-21-15-5-7-23(12-15)10-13-1-2-16-14(9-13)11-24(20(16)28)17-3-4-18(26)22-19(17)27/h1-2,9,15,17,21,25H,3-8,10-12H2,(H,22,26,27). The Morgan fingerprint density at radius 3 is 2.86 bits per heavy atom. The molecule has 4 rings (SSSR count). The third kappa shape index (κ3) is 3.80. The number of piperidine rings is 1. The molecule has 0 spiro atoms. The van der Waals surface area contributed by atoms with Crippen LogP contribution in [0.25, 0.3) is 0 Å². The number of imide groups is 1. The summed E-state index contributed by atoms with van der Waals surface area (Å²) in [4.78, 5) is 40.2. The van der Waals surface area contributed by atoms with E-state index in [-0.39, 0.29) is 30.7 Å². The molecule has 8 nitrogen and oxygen atoms in total. The number of carbonyl (C=O) groups is 3. The summed E-state index contributed by atoms with van der Waals surface area (Å²) < 4.78 is 0. The summed E-state index contributed by atoms with van der Waals surface area (Å²) >= 11 is 0. The van der Waals surface area contributed by atoms with Gasteiger partial charge in [-0.25, -0.2) is 0 Å². The predicted octanol–water partition coefficient (Wildman–Crippen LogP) is -0.396. The average molecular weight is 386 g/mol. The highest BCUT2D eigenvalue weighted by molar-refractivity contribution is 6.05. The number of hydrogen-bond donors (Lipinski definition) is 3. The fraction of sp³-hybridized carbons (Fsp3) is 0.550. The van der Waals surface area contributed by atoms with Crippen molar-refractivity contribution in [3.8, 4) is 0 Å². The molecule has 0 aliphatic carbocycles. The van der Waals surface area contributed by atoms with E-state index < -0.39 is 6.04 Å². The van der Waals surface area contributed by atoms with E-state index in [1.807, 2.05) is 12.1 Å². The van der Waals surface area contributed by atoms with E-state index in [9.17, 15) is 14.4 Å². The third-order valence-electron chi connectivity index (χ3n) is 5.81. The minimum absolute atomic E-state index is 0.134. The number of carbonyl (C=O) groups excluding carboxylic acids is 3. The first kappa shape index (κ1) is 19.0. The van der Waals surface area contributed by atoms with Crippen LogP contribution in [0.3, 0.4) is 0 Å². The highest BCUT2D eigenvalue weighted by Gasteiger charge is 2.39. The van der Waals surface area contributed by atoms with Crippen molar-refractivity contribution in [2.75, 3.05) is 26.2 Å². The van der Waals surface area contributed by atoms with E-state index in [0.717, 1.165) is 37.2 Å². The number of likely N-dealkylation sites (tertiary alicyclic amines) is 1. The molecule has 1 aromatic carbocycles. The Labute approximate surface area is 163 Å². The van der Waals surface area contributed by atoms with Gasteiger partial charge in [0.2, 0.25) is 11.8 Å². The van der Waals surface area contributed by atoms with E-state index in [0.29, 0.717) is 31.1 Å². The highest BCUT2D eigenvalue weighted by atomic mass is 16.3. The molecule has 1 aromatic rings. The molecule has 2 unspecified atom stereocenters. The van der Waals surface area contributed by atoms with Crippen molar-refractivity contribution in [1.82, 2.24) is 20.4 Å². The van der Waals surface area contributed by atoms with Gasteiger partial charge in [0, 0.05) is 50.7 Å². The van der Waals surface area contributed by atoms with Gasteiger partial charge in [-0.15, -0.1) is 0 Å². The second-order valence-electron chi connectivity index (χ2n) is 7.79. The Bertz CT molecular complexity index is 796. The number of aliphatic hydroxyl groups is 1. The Hall–Kier alpha value is -2.29. The molecule has 3 N–H and O–H groups in total. The number of benzene rings is 1. The van der Waals surface area contributed by atoms with Gasteiger partial charge in [0.25, 0.3) is 5.91 Å². The van der Waals surface area contributed by atoms with Gasteiger partial charge in [0.1, 0.15) is 6.04 Å². The lowest BCUT2D eigenvalue weighted by Gasteiger charge is -2.29. The third-order valence-corrected chi connectivity index (χ3v) is 5.81. The molecule has 0 saturated carbocycles. The van der Waals surface area contributed by atoms with Gasteiger partial charge in [-0.05, 0) is 30.0 Å². The van der Waals surface area contributed by atoms with E-state index >= 15 is 0 Å². The predicted molar refractivity (Wildman–Crippen MR) is 101 cm³/mol. The topological polar surface area (TPSA) is 102 Å². The van der Waals surface area contributed by atoms with E-state index in [1.165, 1.54) is 0 Å². The maximum absolute atomic E-state index is 12.7. The van der Waals surface area contributed by atoms with Gasteiger partial charge in [-0.3, -0.25) is 24.6 Å². The van der Waals surface area contributed by atoms with E-state index in [1.54, 1.807) is 4.90 Å². The van der Waals surface area contributed by atoms with Crippen LogP contribution in [0.4, 0.5) is 0 Å².